The molecule has 2 unspecified atom stereocenters. The summed E-state index contributed by atoms with van der Waals surface area (Å²) in [6.07, 6.45) is 11.3. The smallest absolute Gasteiger partial charge is 0.134 e. The molecule has 0 amide bonds. The molecule has 76 heavy (non-hydrogen) atoms. The molecule has 4 nitrogen and oxygen atoms in total. The third-order valence-electron chi connectivity index (χ3n) is 14.7. The molecular formula is C72H73N3O. The Balaban J connectivity index is 0.000000451. The Kier molecular flexibility index (Phi) is 16.0. The van der Waals surface area contributed by atoms with E-state index in [0.29, 0.717) is 0 Å². The third kappa shape index (κ3) is 9.94. The summed E-state index contributed by atoms with van der Waals surface area (Å²) in [5.74, 6) is 1.03. The first kappa shape index (κ1) is 52.7. The van der Waals surface area contributed by atoms with Gasteiger partial charge in [-0.3, -0.25) is 5.32 Å². The molecular weight excluding hydrogens is 923 g/mol. The van der Waals surface area contributed by atoms with Crippen LogP contribution in [-0.2, 0) is 11.8 Å². The summed E-state index contributed by atoms with van der Waals surface area (Å²) in [6.45, 7) is 24.5. The van der Waals surface area contributed by atoms with Gasteiger partial charge < -0.3 is 14.3 Å². The zero-order valence-electron chi connectivity index (χ0n) is 46.1. The van der Waals surface area contributed by atoms with Crippen LogP contribution in [0.1, 0.15) is 101 Å². The molecule has 2 aliphatic carbocycles. The van der Waals surface area contributed by atoms with Crippen molar-refractivity contribution in [2.75, 3.05) is 0 Å². The van der Waals surface area contributed by atoms with Gasteiger partial charge in [0.05, 0.1) is 17.1 Å². The second-order valence-corrected chi connectivity index (χ2v) is 19.7. The van der Waals surface area contributed by atoms with Crippen LogP contribution in [0.4, 0.5) is 0 Å². The monoisotopic (exact) mass is 996 g/mol. The molecule has 0 radical (unpaired) electrons. The number of hydrogen-bond acceptors (Lipinski definition) is 3. The number of rotatable bonds is 6. The number of aromatic nitrogens is 1. The SMILES string of the molecule is C=CC.CC.CC.CCc1oc2ccc(-c3ccc4c(c3)c3ccccc3n4-c3ccc4c(c3)C(C)(C)c3cc(C5NC(c6ccccc6)=C6C=CC=CC6N5)ccc3-4)cc2c1-c1ccccc1C.Cc1ccccc1. The average Bonchev–Trinajstić information content (AvgIpc) is 4.10. The normalized spacial score (nSPS) is 15.3. The minimum atomic E-state index is -0.200. The molecule has 10 aromatic rings. The van der Waals surface area contributed by atoms with Crippen molar-refractivity contribution < 1.29 is 4.42 Å². The van der Waals surface area contributed by atoms with Gasteiger partial charge in [-0.25, -0.2) is 0 Å². The van der Waals surface area contributed by atoms with Crippen LogP contribution < -0.4 is 10.6 Å². The van der Waals surface area contributed by atoms with Crippen LogP contribution in [0, 0.1) is 13.8 Å². The van der Waals surface area contributed by atoms with Crippen molar-refractivity contribution in [3.05, 3.63) is 264 Å². The van der Waals surface area contributed by atoms with E-state index in [0.717, 1.165) is 23.2 Å². The number of allylic oxidation sites excluding steroid dienone is 3. The van der Waals surface area contributed by atoms with Gasteiger partial charge in [-0.15, -0.1) is 6.58 Å². The van der Waals surface area contributed by atoms with E-state index in [4.69, 9.17) is 4.42 Å². The van der Waals surface area contributed by atoms with Crippen molar-refractivity contribution >= 4 is 38.5 Å². The molecule has 1 aliphatic heterocycles. The highest BCUT2D eigenvalue weighted by Gasteiger charge is 2.37. The topological polar surface area (TPSA) is 42.1 Å². The maximum Gasteiger partial charge on any atom is 0.134 e. The number of furan rings is 1. The highest BCUT2D eigenvalue weighted by atomic mass is 16.3. The maximum absolute atomic E-state index is 6.45. The van der Waals surface area contributed by atoms with E-state index in [1.807, 2.05) is 52.8 Å². The molecule has 4 heteroatoms. The number of nitrogens with one attached hydrogen (secondary N) is 2. The molecule has 13 rings (SSSR count). The third-order valence-corrected chi connectivity index (χ3v) is 14.7. The molecule has 2 aromatic heterocycles. The number of aryl methyl sites for hydroxylation is 3. The van der Waals surface area contributed by atoms with Crippen molar-refractivity contribution in [1.29, 1.82) is 0 Å². The van der Waals surface area contributed by atoms with Crippen molar-refractivity contribution in [3.8, 4) is 39.1 Å². The molecule has 0 spiro atoms. The molecule has 2 N–H and O–H groups in total. The lowest BCUT2D eigenvalue weighted by atomic mass is 9.81. The Morgan fingerprint density at radius 1 is 0.605 bits per heavy atom. The Hall–Kier alpha value is -8.18. The predicted molar refractivity (Wildman–Crippen MR) is 327 cm³/mol. The Labute approximate surface area is 451 Å². The van der Waals surface area contributed by atoms with Crippen LogP contribution >= 0.6 is 0 Å². The Morgan fingerprint density at radius 3 is 1.92 bits per heavy atom. The van der Waals surface area contributed by atoms with Gasteiger partial charge in [-0.2, -0.15) is 0 Å². The van der Waals surface area contributed by atoms with Crippen LogP contribution in [0.15, 0.2) is 229 Å². The van der Waals surface area contributed by atoms with Crippen molar-refractivity contribution in [2.24, 2.45) is 0 Å². The van der Waals surface area contributed by atoms with E-state index in [2.05, 4.69) is 244 Å². The van der Waals surface area contributed by atoms with Crippen LogP contribution in [0.5, 0.6) is 0 Å². The lowest BCUT2D eigenvalue weighted by Crippen LogP contribution is -2.45. The van der Waals surface area contributed by atoms with E-state index in [9.17, 15) is 0 Å². The van der Waals surface area contributed by atoms with Gasteiger partial charge in [0.25, 0.3) is 0 Å². The van der Waals surface area contributed by atoms with Gasteiger partial charge in [0.2, 0.25) is 0 Å². The molecule has 8 aromatic carbocycles. The summed E-state index contributed by atoms with van der Waals surface area (Å²) in [5.41, 5.74) is 22.0. The maximum atomic E-state index is 6.45. The lowest BCUT2D eigenvalue weighted by Gasteiger charge is -2.36. The Bertz CT molecular complexity index is 3770. The summed E-state index contributed by atoms with van der Waals surface area (Å²) in [5, 5.41) is 11.5. The zero-order chi connectivity index (χ0) is 53.5. The van der Waals surface area contributed by atoms with E-state index in [-0.39, 0.29) is 17.6 Å². The summed E-state index contributed by atoms with van der Waals surface area (Å²) in [4.78, 5) is 0. The summed E-state index contributed by atoms with van der Waals surface area (Å²) in [7, 11) is 0. The minimum Gasteiger partial charge on any atom is -0.460 e. The summed E-state index contributed by atoms with van der Waals surface area (Å²) in [6, 6.07) is 66.4. The van der Waals surface area contributed by atoms with E-state index >= 15 is 0 Å². The minimum absolute atomic E-state index is 0.0384. The number of nitrogens with zero attached hydrogens (tertiary/aromatic N) is 1. The number of para-hydroxylation sites is 1. The van der Waals surface area contributed by atoms with Crippen LogP contribution in [0.3, 0.4) is 0 Å². The van der Waals surface area contributed by atoms with Gasteiger partial charge in [0, 0.05) is 44.9 Å². The largest absolute Gasteiger partial charge is 0.460 e. The van der Waals surface area contributed by atoms with Gasteiger partial charge in [-0.1, -0.05) is 224 Å². The number of fused-ring (bicyclic) bond motifs is 8. The molecule has 0 saturated heterocycles. The molecule has 3 heterocycles. The van der Waals surface area contributed by atoms with Gasteiger partial charge in [0.15, 0.2) is 0 Å². The highest BCUT2D eigenvalue weighted by Crippen LogP contribution is 2.51. The second-order valence-electron chi connectivity index (χ2n) is 19.7. The fourth-order valence-electron chi connectivity index (χ4n) is 11.2. The van der Waals surface area contributed by atoms with Crippen LogP contribution in [-0.4, -0.2) is 10.6 Å². The average molecular weight is 996 g/mol. The molecule has 0 fully saturated rings. The molecule has 382 valence electrons. The van der Waals surface area contributed by atoms with E-state index in [1.165, 1.54) is 106 Å². The van der Waals surface area contributed by atoms with Gasteiger partial charge in [-0.05, 0) is 124 Å². The molecule has 0 bridgehead atoms. The lowest BCUT2D eigenvalue weighted by molar-refractivity contribution is 0.459. The second kappa shape index (κ2) is 23.2. The molecule has 3 aliphatic rings. The fraction of sp³-hybridized carbons (Fsp3) is 0.194. The standard InChI is InChI=1S/C58H47N3O.C7H8.C3H6.2C2H6/c1-5-53-55(41-18-10-9-15-35(41)2)47-32-38(25-30-54(47)62-53)37-24-29-52-46(31-37)44-19-12-14-22-51(44)61(52)40-26-28-43-42-27-23-39(33-48(42)58(3,4)49(43)34-40)57-59-50-21-13-11-20-45(50)56(60-57)36-16-7-6-8-17-36;1-7-5-3-2-4-6-7;1-3-2;2*1-2/h6-34,50,57,59-60H,5H2,1-4H3;2-6H,1H3;3H,1H2,2H3;2*1-2H3. The Morgan fingerprint density at radius 2 is 1.22 bits per heavy atom. The quantitative estimate of drug-likeness (QED) is 0.163. The number of benzene rings is 8. The molecule has 0 saturated carbocycles. The predicted octanol–water partition coefficient (Wildman–Crippen LogP) is 19.4. The van der Waals surface area contributed by atoms with Crippen molar-refractivity contribution in [1.82, 2.24) is 15.2 Å². The van der Waals surface area contributed by atoms with Crippen molar-refractivity contribution in [2.45, 2.75) is 93.3 Å². The number of hydrogen-bond donors (Lipinski definition) is 2. The van der Waals surface area contributed by atoms with Gasteiger partial charge in [0.1, 0.15) is 17.5 Å². The summed E-state index contributed by atoms with van der Waals surface area (Å²) < 4.78 is 8.91. The van der Waals surface area contributed by atoms with Crippen LogP contribution in [0.2, 0.25) is 0 Å². The first-order valence-electron chi connectivity index (χ1n) is 27.4. The summed E-state index contributed by atoms with van der Waals surface area (Å²) >= 11 is 0. The highest BCUT2D eigenvalue weighted by molar-refractivity contribution is 6.11. The van der Waals surface area contributed by atoms with E-state index < -0.39 is 0 Å². The van der Waals surface area contributed by atoms with Crippen LogP contribution in [0.25, 0.3) is 77.5 Å². The first-order valence-corrected chi connectivity index (χ1v) is 27.4. The fourth-order valence-corrected chi connectivity index (χ4v) is 11.2. The van der Waals surface area contributed by atoms with Crippen molar-refractivity contribution in [3.63, 3.8) is 0 Å². The van der Waals surface area contributed by atoms with Gasteiger partial charge >= 0.3 is 0 Å². The molecule has 2 atom stereocenters. The first-order chi connectivity index (χ1) is 37.2. The zero-order valence-corrected chi connectivity index (χ0v) is 46.1. The van der Waals surface area contributed by atoms with E-state index in [1.54, 1.807) is 6.08 Å².